The van der Waals surface area contributed by atoms with E-state index in [0.29, 0.717) is 11.8 Å². The van der Waals surface area contributed by atoms with Gasteiger partial charge in [0.1, 0.15) is 5.75 Å². The van der Waals surface area contributed by atoms with Gasteiger partial charge in [0.15, 0.2) is 0 Å². The van der Waals surface area contributed by atoms with Gasteiger partial charge in [-0.1, -0.05) is 12.8 Å². The summed E-state index contributed by atoms with van der Waals surface area (Å²) >= 11 is 0. The number of aryl methyl sites for hydroxylation is 1. The number of hydrogen-bond donors (Lipinski definition) is 2. The summed E-state index contributed by atoms with van der Waals surface area (Å²) < 4.78 is 0. The third-order valence-electron chi connectivity index (χ3n) is 3.00. The molecule has 1 aromatic rings. The normalized spacial score (nSPS) is 17.5. The zero-order valence-corrected chi connectivity index (χ0v) is 9.46. The van der Waals surface area contributed by atoms with Gasteiger partial charge in [-0.3, -0.25) is 0 Å². The van der Waals surface area contributed by atoms with E-state index in [9.17, 15) is 5.11 Å². The van der Waals surface area contributed by atoms with Gasteiger partial charge < -0.3 is 10.4 Å². The molecule has 0 radical (unpaired) electrons. The Labute approximate surface area is 91.3 Å². The van der Waals surface area contributed by atoms with Gasteiger partial charge >= 0.3 is 0 Å². The third kappa shape index (κ3) is 2.88. The fourth-order valence-electron chi connectivity index (χ4n) is 1.99. The van der Waals surface area contributed by atoms with E-state index in [1.807, 2.05) is 13.0 Å². The molecule has 1 aliphatic rings. The topological polar surface area (TPSA) is 32.3 Å². The molecule has 2 N–H and O–H groups in total. The molecule has 15 heavy (non-hydrogen) atoms. The van der Waals surface area contributed by atoms with Gasteiger partial charge in [-0.05, 0) is 49.9 Å². The number of hydrogen-bond acceptors (Lipinski definition) is 2. The summed E-state index contributed by atoms with van der Waals surface area (Å²) in [5, 5.41) is 12.8. The minimum Gasteiger partial charge on any atom is -0.508 e. The van der Waals surface area contributed by atoms with E-state index < -0.39 is 0 Å². The van der Waals surface area contributed by atoms with Crippen LogP contribution < -0.4 is 5.32 Å². The Bertz CT molecular complexity index is 344. The largest absolute Gasteiger partial charge is 0.508 e. The molecule has 2 rings (SSSR count). The Morgan fingerprint density at radius 1 is 1.47 bits per heavy atom. The van der Waals surface area contributed by atoms with Crippen LogP contribution in [0.5, 0.6) is 5.75 Å². The first-order valence-electron chi connectivity index (χ1n) is 5.71. The second-order valence-corrected chi connectivity index (χ2v) is 4.72. The SMILES string of the molecule is Cc1cc(O)ccc1NC(C)CC1CC1. The molecule has 1 unspecified atom stereocenters. The maximum Gasteiger partial charge on any atom is 0.115 e. The van der Waals surface area contributed by atoms with Crippen LogP contribution in [0.25, 0.3) is 0 Å². The highest BCUT2D eigenvalue weighted by Crippen LogP contribution is 2.34. The van der Waals surface area contributed by atoms with E-state index in [4.69, 9.17) is 0 Å². The smallest absolute Gasteiger partial charge is 0.115 e. The van der Waals surface area contributed by atoms with Gasteiger partial charge in [0.25, 0.3) is 0 Å². The molecule has 0 saturated heterocycles. The highest BCUT2D eigenvalue weighted by molar-refractivity contribution is 5.53. The molecule has 82 valence electrons. The molecule has 1 saturated carbocycles. The number of phenolic OH excluding ortho intramolecular Hbond substituents is 1. The van der Waals surface area contributed by atoms with Crippen molar-refractivity contribution in [2.24, 2.45) is 5.92 Å². The van der Waals surface area contributed by atoms with Crippen molar-refractivity contribution in [3.8, 4) is 5.75 Å². The fraction of sp³-hybridized carbons (Fsp3) is 0.538. The van der Waals surface area contributed by atoms with Crippen LogP contribution in [0, 0.1) is 12.8 Å². The zero-order valence-electron chi connectivity index (χ0n) is 9.46. The van der Waals surface area contributed by atoms with Gasteiger partial charge in [0.05, 0.1) is 0 Å². The quantitative estimate of drug-likeness (QED) is 0.739. The highest BCUT2D eigenvalue weighted by atomic mass is 16.3. The van der Waals surface area contributed by atoms with E-state index in [1.54, 1.807) is 12.1 Å². The molecule has 2 heteroatoms. The van der Waals surface area contributed by atoms with Crippen LogP contribution in [0.3, 0.4) is 0 Å². The lowest BCUT2D eigenvalue weighted by molar-refractivity contribution is 0.475. The first kappa shape index (κ1) is 10.3. The van der Waals surface area contributed by atoms with Gasteiger partial charge in [-0.2, -0.15) is 0 Å². The molecule has 1 fully saturated rings. The number of nitrogens with one attached hydrogen (secondary N) is 1. The van der Waals surface area contributed by atoms with Crippen molar-refractivity contribution in [2.75, 3.05) is 5.32 Å². The first-order valence-corrected chi connectivity index (χ1v) is 5.71. The van der Waals surface area contributed by atoms with Crippen molar-refractivity contribution in [3.05, 3.63) is 23.8 Å². The molecular weight excluding hydrogens is 186 g/mol. The lowest BCUT2D eigenvalue weighted by atomic mass is 10.1. The molecule has 1 atom stereocenters. The van der Waals surface area contributed by atoms with Crippen LogP contribution in [0.2, 0.25) is 0 Å². The molecule has 0 heterocycles. The molecule has 1 aliphatic carbocycles. The third-order valence-corrected chi connectivity index (χ3v) is 3.00. The Morgan fingerprint density at radius 2 is 2.20 bits per heavy atom. The molecule has 0 amide bonds. The zero-order chi connectivity index (χ0) is 10.8. The fourth-order valence-corrected chi connectivity index (χ4v) is 1.99. The summed E-state index contributed by atoms with van der Waals surface area (Å²) in [6.45, 7) is 4.25. The summed E-state index contributed by atoms with van der Waals surface area (Å²) in [6.07, 6.45) is 4.07. The first-order chi connectivity index (χ1) is 7.15. The standard InChI is InChI=1S/C13H19NO/c1-9-7-12(15)5-6-13(9)14-10(2)8-11-3-4-11/h5-7,10-11,14-15H,3-4,8H2,1-2H3. The van der Waals surface area contributed by atoms with Crippen molar-refractivity contribution < 1.29 is 5.11 Å². The van der Waals surface area contributed by atoms with Crippen molar-refractivity contribution in [1.82, 2.24) is 0 Å². The van der Waals surface area contributed by atoms with Gasteiger partial charge in [0, 0.05) is 11.7 Å². The monoisotopic (exact) mass is 205 g/mol. The maximum atomic E-state index is 9.30. The average molecular weight is 205 g/mol. The summed E-state index contributed by atoms with van der Waals surface area (Å²) in [5.74, 6) is 1.29. The van der Waals surface area contributed by atoms with Gasteiger partial charge in [0.2, 0.25) is 0 Å². The molecule has 0 aromatic heterocycles. The molecule has 0 aliphatic heterocycles. The van der Waals surface area contributed by atoms with E-state index >= 15 is 0 Å². The van der Waals surface area contributed by atoms with Crippen LogP contribution in [0.4, 0.5) is 5.69 Å². The predicted octanol–water partition coefficient (Wildman–Crippen LogP) is 3.30. The van der Waals surface area contributed by atoms with Gasteiger partial charge in [-0.15, -0.1) is 0 Å². The number of aromatic hydroxyl groups is 1. The second kappa shape index (κ2) is 4.13. The molecule has 0 spiro atoms. The van der Waals surface area contributed by atoms with Crippen LogP contribution in [0.1, 0.15) is 31.7 Å². The highest BCUT2D eigenvalue weighted by Gasteiger charge is 2.23. The molecule has 1 aromatic carbocycles. The van der Waals surface area contributed by atoms with Gasteiger partial charge in [-0.25, -0.2) is 0 Å². The van der Waals surface area contributed by atoms with E-state index in [2.05, 4.69) is 12.2 Å². The van der Waals surface area contributed by atoms with Crippen LogP contribution in [-0.4, -0.2) is 11.1 Å². The number of rotatable bonds is 4. The Morgan fingerprint density at radius 3 is 2.80 bits per heavy atom. The van der Waals surface area contributed by atoms with Crippen molar-refractivity contribution in [3.63, 3.8) is 0 Å². The summed E-state index contributed by atoms with van der Waals surface area (Å²) in [5.41, 5.74) is 2.25. The second-order valence-electron chi connectivity index (χ2n) is 4.72. The number of anilines is 1. The average Bonchev–Trinajstić information content (AvgIpc) is 2.94. The van der Waals surface area contributed by atoms with E-state index in [1.165, 1.54) is 19.3 Å². The molecule has 2 nitrogen and oxygen atoms in total. The number of benzene rings is 1. The maximum absolute atomic E-state index is 9.30. The van der Waals surface area contributed by atoms with Crippen molar-refractivity contribution in [2.45, 2.75) is 39.2 Å². The minimum atomic E-state index is 0.341. The van der Waals surface area contributed by atoms with E-state index in [-0.39, 0.29) is 0 Å². The Balaban J connectivity index is 1.96. The lowest BCUT2D eigenvalue weighted by Crippen LogP contribution is -2.16. The predicted molar refractivity (Wildman–Crippen MR) is 63.3 cm³/mol. The lowest BCUT2D eigenvalue weighted by Gasteiger charge is -2.16. The summed E-state index contributed by atoms with van der Waals surface area (Å²) in [4.78, 5) is 0. The van der Waals surface area contributed by atoms with Crippen LogP contribution in [0.15, 0.2) is 18.2 Å². The van der Waals surface area contributed by atoms with Crippen molar-refractivity contribution in [1.29, 1.82) is 0 Å². The Hall–Kier alpha value is -1.18. The Kier molecular flexibility index (Phi) is 2.85. The summed E-state index contributed by atoms with van der Waals surface area (Å²) in [6, 6.07) is 6.01. The molecule has 0 bridgehead atoms. The van der Waals surface area contributed by atoms with E-state index in [0.717, 1.165) is 17.2 Å². The minimum absolute atomic E-state index is 0.341. The molecular formula is C13H19NO. The number of phenols is 1. The van der Waals surface area contributed by atoms with Crippen LogP contribution >= 0.6 is 0 Å². The summed E-state index contributed by atoms with van der Waals surface area (Å²) in [7, 11) is 0. The van der Waals surface area contributed by atoms with Crippen molar-refractivity contribution >= 4 is 5.69 Å². The van der Waals surface area contributed by atoms with Crippen LogP contribution in [-0.2, 0) is 0 Å².